The molecule has 3 aromatic heterocycles. The monoisotopic (exact) mass is 524 g/mol. The minimum absolute atomic E-state index is 0.0734. The molecule has 2 saturated heterocycles. The van der Waals surface area contributed by atoms with E-state index in [2.05, 4.69) is 39.9 Å². The number of aromatic nitrogens is 5. The zero-order valence-electron chi connectivity index (χ0n) is 20.4. The number of benzene rings is 1. The molecule has 0 aliphatic carbocycles. The van der Waals surface area contributed by atoms with E-state index in [1.54, 1.807) is 12.4 Å². The highest BCUT2D eigenvalue weighted by molar-refractivity contribution is 7.70. The molecule has 1 aromatic carbocycles. The fraction of sp³-hybridized carbons (Fsp3) is 0.417. The van der Waals surface area contributed by atoms with Crippen molar-refractivity contribution in [2.24, 2.45) is 0 Å². The van der Waals surface area contributed by atoms with Crippen LogP contribution in [0.2, 0.25) is 0 Å². The van der Waals surface area contributed by atoms with Crippen LogP contribution in [0.4, 0.5) is 0 Å². The topological polar surface area (TPSA) is 142 Å². The van der Waals surface area contributed by atoms with Gasteiger partial charge in [0.15, 0.2) is 0 Å². The maximum atomic E-state index is 11.0. The normalized spacial score (nSPS) is 18.6. The third-order valence-electron chi connectivity index (χ3n) is 7.14. The Hall–Kier alpha value is -3.39. The summed E-state index contributed by atoms with van der Waals surface area (Å²) in [4.78, 5) is 9.34. The summed E-state index contributed by atoms with van der Waals surface area (Å²) >= 11 is 0. The molecular weight excluding hydrogens is 496 g/mol. The van der Waals surface area contributed by atoms with E-state index in [1.807, 2.05) is 18.2 Å². The van der Waals surface area contributed by atoms with Crippen molar-refractivity contribution < 1.29 is 17.6 Å². The van der Waals surface area contributed by atoms with E-state index in [4.69, 9.17) is 9.15 Å². The molecule has 6 rings (SSSR count). The van der Waals surface area contributed by atoms with Gasteiger partial charge in [-0.2, -0.15) is 5.10 Å². The van der Waals surface area contributed by atoms with Crippen molar-refractivity contribution in [2.45, 2.75) is 32.0 Å². The van der Waals surface area contributed by atoms with E-state index in [-0.39, 0.29) is 6.54 Å². The van der Waals surface area contributed by atoms with Crippen molar-refractivity contribution in [3.05, 3.63) is 42.0 Å². The third kappa shape index (κ3) is 4.94. The van der Waals surface area contributed by atoms with Crippen molar-refractivity contribution in [2.75, 3.05) is 33.3 Å². The summed E-state index contributed by atoms with van der Waals surface area (Å²) < 4.78 is 35.9. The number of methoxy groups -OCH3 is 1. The SMILES string of the molecule is COc1ncc(-c2cc(-c3nnc(CN4CCN5CCC[C@H]5C4)o3)c3cn[nH]c3c2)cc1CN[SH](=O)=O. The number of nitrogens with zero attached hydrogens (tertiary/aromatic N) is 6. The van der Waals surface area contributed by atoms with Gasteiger partial charge in [-0.25, -0.2) is 18.1 Å². The first-order valence-corrected chi connectivity index (χ1v) is 13.4. The Bertz CT molecular complexity index is 1490. The third-order valence-corrected chi connectivity index (χ3v) is 7.55. The minimum Gasteiger partial charge on any atom is -0.481 e. The van der Waals surface area contributed by atoms with E-state index >= 15 is 0 Å². The fourth-order valence-electron chi connectivity index (χ4n) is 5.33. The van der Waals surface area contributed by atoms with Gasteiger partial charge in [0.25, 0.3) is 0 Å². The summed E-state index contributed by atoms with van der Waals surface area (Å²) in [5, 5.41) is 16.8. The molecule has 2 aliphatic rings. The fourth-order valence-corrected chi connectivity index (χ4v) is 5.63. The Morgan fingerprint density at radius 3 is 2.95 bits per heavy atom. The molecule has 0 saturated carbocycles. The highest BCUT2D eigenvalue weighted by atomic mass is 32.2. The van der Waals surface area contributed by atoms with E-state index in [0.717, 1.165) is 47.2 Å². The lowest BCUT2D eigenvalue weighted by Gasteiger charge is -2.36. The van der Waals surface area contributed by atoms with Crippen LogP contribution in [0, 0.1) is 0 Å². The maximum Gasteiger partial charge on any atom is 0.248 e. The van der Waals surface area contributed by atoms with E-state index < -0.39 is 10.9 Å². The van der Waals surface area contributed by atoms with Crippen LogP contribution in [0.1, 0.15) is 24.3 Å². The molecule has 1 atom stereocenters. The number of hydrogen-bond acceptors (Lipinski definition) is 10. The number of nitrogens with one attached hydrogen (secondary N) is 2. The highest BCUT2D eigenvalue weighted by Gasteiger charge is 2.31. The predicted octanol–water partition coefficient (Wildman–Crippen LogP) is 1.58. The molecular formula is C24H28N8O4S. The van der Waals surface area contributed by atoms with Crippen LogP contribution in [-0.4, -0.2) is 82.9 Å². The van der Waals surface area contributed by atoms with Gasteiger partial charge in [-0.1, -0.05) is 0 Å². The molecule has 0 radical (unpaired) electrons. The number of hydrogen-bond donors (Lipinski definition) is 3. The zero-order valence-corrected chi connectivity index (χ0v) is 21.3. The van der Waals surface area contributed by atoms with Crippen LogP contribution in [-0.2, 0) is 24.0 Å². The number of pyridine rings is 1. The first-order valence-electron chi connectivity index (χ1n) is 12.2. The molecule has 37 heavy (non-hydrogen) atoms. The molecule has 2 aliphatic heterocycles. The Labute approximate surface area is 215 Å². The summed E-state index contributed by atoms with van der Waals surface area (Å²) in [6, 6.07) is 6.40. The molecule has 194 valence electrons. The molecule has 0 bridgehead atoms. The number of rotatable bonds is 8. The molecule has 13 heteroatoms. The molecule has 4 aromatic rings. The number of H-pyrrole nitrogens is 1. The first-order chi connectivity index (χ1) is 18.1. The van der Waals surface area contributed by atoms with Gasteiger partial charge < -0.3 is 9.15 Å². The van der Waals surface area contributed by atoms with Crippen LogP contribution in [0.15, 0.2) is 35.0 Å². The first kappa shape index (κ1) is 24.0. The molecule has 2 N–H and O–H groups in total. The summed E-state index contributed by atoms with van der Waals surface area (Å²) in [6.45, 7) is 5.03. The minimum atomic E-state index is -2.75. The standard InChI is InChI=1S/C24H28N8O4S/c1-35-23-17(11-27-37(33)34)7-16(10-25-23)15-8-19(20-12-26-28-21(20)9-15)24-30-29-22(36-24)14-31-5-6-32-4-2-3-18(32)13-31/h7-10,12,18,37H,2-6,11,13-14H2,1H3,(H,26,28)(H,27,33,34)/t18-/m0/s1. The number of fused-ring (bicyclic) bond motifs is 2. The Kier molecular flexibility index (Phi) is 6.59. The quantitative estimate of drug-likeness (QED) is 0.291. The number of piperazine rings is 1. The van der Waals surface area contributed by atoms with Crippen LogP contribution >= 0.6 is 0 Å². The smallest absolute Gasteiger partial charge is 0.248 e. The van der Waals surface area contributed by atoms with Crippen molar-refractivity contribution in [3.63, 3.8) is 0 Å². The second-order valence-electron chi connectivity index (χ2n) is 9.41. The van der Waals surface area contributed by atoms with Crippen LogP contribution in [0.25, 0.3) is 33.5 Å². The van der Waals surface area contributed by atoms with Crippen molar-refractivity contribution in [3.8, 4) is 28.5 Å². The summed E-state index contributed by atoms with van der Waals surface area (Å²) in [5.41, 5.74) is 3.81. The second-order valence-corrected chi connectivity index (χ2v) is 10.2. The van der Waals surface area contributed by atoms with Crippen LogP contribution in [0.3, 0.4) is 0 Å². The average molecular weight is 525 g/mol. The van der Waals surface area contributed by atoms with E-state index in [1.165, 1.54) is 26.5 Å². The lowest BCUT2D eigenvalue weighted by Crippen LogP contribution is -2.49. The van der Waals surface area contributed by atoms with Crippen molar-refractivity contribution in [1.29, 1.82) is 0 Å². The van der Waals surface area contributed by atoms with Gasteiger partial charge >= 0.3 is 0 Å². The highest BCUT2D eigenvalue weighted by Crippen LogP contribution is 2.34. The zero-order chi connectivity index (χ0) is 25.4. The number of ether oxygens (including phenoxy) is 1. The van der Waals surface area contributed by atoms with Gasteiger partial charge in [-0.05, 0) is 43.1 Å². The molecule has 0 spiro atoms. The number of aromatic amines is 1. The second kappa shape index (κ2) is 10.2. The Morgan fingerprint density at radius 2 is 2.08 bits per heavy atom. The van der Waals surface area contributed by atoms with E-state index in [0.29, 0.717) is 35.8 Å². The van der Waals surface area contributed by atoms with Gasteiger partial charge in [0.2, 0.25) is 28.6 Å². The van der Waals surface area contributed by atoms with Gasteiger partial charge in [0.05, 0.1) is 30.9 Å². The Morgan fingerprint density at radius 1 is 1.16 bits per heavy atom. The predicted molar refractivity (Wildman–Crippen MR) is 136 cm³/mol. The lowest BCUT2D eigenvalue weighted by atomic mass is 10.0. The van der Waals surface area contributed by atoms with Crippen molar-refractivity contribution in [1.82, 2.24) is 39.9 Å². The number of thiol groups is 1. The van der Waals surface area contributed by atoms with Crippen LogP contribution < -0.4 is 9.46 Å². The van der Waals surface area contributed by atoms with Gasteiger partial charge in [-0.3, -0.25) is 14.9 Å². The van der Waals surface area contributed by atoms with Gasteiger partial charge in [-0.15, -0.1) is 10.2 Å². The van der Waals surface area contributed by atoms with Crippen molar-refractivity contribution >= 4 is 21.8 Å². The van der Waals surface area contributed by atoms with Gasteiger partial charge in [0, 0.05) is 54.9 Å². The molecule has 5 heterocycles. The van der Waals surface area contributed by atoms with E-state index in [9.17, 15) is 8.42 Å². The Balaban J connectivity index is 1.29. The molecule has 2 fully saturated rings. The largest absolute Gasteiger partial charge is 0.481 e. The molecule has 0 unspecified atom stereocenters. The summed E-state index contributed by atoms with van der Waals surface area (Å²) in [6.07, 6.45) is 5.96. The molecule has 12 nitrogen and oxygen atoms in total. The van der Waals surface area contributed by atoms with Gasteiger partial charge in [0.1, 0.15) is 0 Å². The molecule has 0 amide bonds. The van der Waals surface area contributed by atoms with Crippen LogP contribution in [0.5, 0.6) is 5.88 Å². The summed E-state index contributed by atoms with van der Waals surface area (Å²) in [7, 11) is -1.25. The lowest BCUT2D eigenvalue weighted by molar-refractivity contribution is 0.0929. The summed E-state index contributed by atoms with van der Waals surface area (Å²) in [5.74, 6) is 1.38. The average Bonchev–Trinajstić information content (AvgIpc) is 3.67. The maximum absolute atomic E-state index is 11.0.